The van der Waals surface area contributed by atoms with Crippen LogP contribution in [0.1, 0.15) is 34.8 Å². The number of carbonyl (C=O) groups is 2. The molecular weight excluding hydrogens is 370 g/mol. The van der Waals surface area contributed by atoms with Crippen molar-refractivity contribution in [2.45, 2.75) is 19.1 Å². The van der Waals surface area contributed by atoms with Crippen molar-refractivity contribution in [3.05, 3.63) is 65.2 Å². The lowest BCUT2D eigenvalue weighted by Crippen LogP contribution is -2.25. The van der Waals surface area contributed by atoms with E-state index in [1.807, 2.05) is 24.3 Å². The van der Waals surface area contributed by atoms with E-state index in [4.69, 9.17) is 5.26 Å². The first-order chi connectivity index (χ1) is 13.6. The largest absolute Gasteiger partial charge is 0.351 e. The normalized spacial score (nSPS) is 17.4. The summed E-state index contributed by atoms with van der Waals surface area (Å²) in [5.74, 6) is 2.02. The molecule has 0 spiro atoms. The molecule has 0 aliphatic heterocycles. The van der Waals surface area contributed by atoms with Crippen LogP contribution < -0.4 is 10.6 Å². The molecule has 0 aromatic heterocycles. The Morgan fingerprint density at radius 2 is 1.89 bits per heavy atom. The zero-order chi connectivity index (χ0) is 19.9. The predicted molar refractivity (Wildman–Crippen MR) is 112 cm³/mol. The molecule has 28 heavy (non-hydrogen) atoms. The number of carbonyl (C=O) groups excluding carboxylic acids is 2. The smallest absolute Gasteiger partial charge is 0.251 e. The maximum absolute atomic E-state index is 12.2. The van der Waals surface area contributed by atoms with Gasteiger partial charge in [-0.15, -0.1) is 0 Å². The van der Waals surface area contributed by atoms with Gasteiger partial charge in [-0.3, -0.25) is 9.59 Å². The first-order valence-corrected chi connectivity index (χ1v) is 10.5. The number of nitrogens with one attached hydrogen (secondary N) is 2. The summed E-state index contributed by atoms with van der Waals surface area (Å²) in [7, 11) is 0. The number of amides is 2. The van der Waals surface area contributed by atoms with E-state index in [9.17, 15) is 9.59 Å². The number of benzene rings is 2. The molecule has 0 saturated heterocycles. The van der Waals surface area contributed by atoms with Crippen LogP contribution in [0.5, 0.6) is 0 Å². The summed E-state index contributed by atoms with van der Waals surface area (Å²) in [6, 6.07) is 16.7. The number of thioether (sulfide) groups is 1. The molecule has 2 unspecified atom stereocenters. The minimum Gasteiger partial charge on any atom is -0.351 e. The van der Waals surface area contributed by atoms with Gasteiger partial charge in [-0.1, -0.05) is 25.1 Å². The van der Waals surface area contributed by atoms with Crippen LogP contribution in [0.4, 0.5) is 5.69 Å². The molecule has 1 aliphatic carbocycles. The molecule has 0 radical (unpaired) electrons. The fraction of sp³-hybridized carbons (Fsp3) is 0.318. The molecule has 2 atom stereocenters. The Morgan fingerprint density at radius 3 is 2.57 bits per heavy atom. The Kier molecular flexibility index (Phi) is 6.72. The second-order valence-electron chi connectivity index (χ2n) is 6.96. The van der Waals surface area contributed by atoms with Gasteiger partial charge in [0, 0.05) is 35.2 Å². The highest BCUT2D eigenvalue weighted by molar-refractivity contribution is 7.98. The van der Waals surface area contributed by atoms with E-state index in [2.05, 4.69) is 23.6 Å². The minimum absolute atomic E-state index is 0.0553. The lowest BCUT2D eigenvalue weighted by atomic mass is 10.1. The number of nitriles is 1. The van der Waals surface area contributed by atoms with Gasteiger partial charge in [0.05, 0.1) is 11.6 Å². The summed E-state index contributed by atoms with van der Waals surface area (Å²) in [5.41, 5.74) is 2.99. The van der Waals surface area contributed by atoms with E-state index in [0.717, 1.165) is 23.5 Å². The van der Waals surface area contributed by atoms with Crippen LogP contribution in [0, 0.1) is 23.2 Å². The van der Waals surface area contributed by atoms with Gasteiger partial charge < -0.3 is 10.6 Å². The third-order valence-corrected chi connectivity index (χ3v) is 5.80. The van der Waals surface area contributed by atoms with Crippen LogP contribution in [0.15, 0.2) is 48.5 Å². The Hall–Kier alpha value is -2.78. The molecule has 2 N–H and O–H groups in total. The SMILES string of the molecule is CC1CC1C(=O)Nc1ccc(C(=O)NCCSCc2ccccc2C#N)cc1. The zero-order valence-electron chi connectivity index (χ0n) is 15.8. The van der Waals surface area contributed by atoms with E-state index in [-0.39, 0.29) is 17.7 Å². The van der Waals surface area contributed by atoms with E-state index >= 15 is 0 Å². The monoisotopic (exact) mass is 393 g/mol. The summed E-state index contributed by atoms with van der Waals surface area (Å²) in [4.78, 5) is 24.2. The molecule has 6 heteroatoms. The maximum atomic E-state index is 12.2. The van der Waals surface area contributed by atoms with E-state index in [1.165, 1.54) is 0 Å². The molecule has 1 aliphatic rings. The second-order valence-corrected chi connectivity index (χ2v) is 8.07. The van der Waals surface area contributed by atoms with Crippen LogP contribution in [0.25, 0.3) is 0 Å². The van der Waals surface area contributed by atoms with Crippen molar-refractivity contribution < 1.29 is 9.59 Å². The van der Waals surface area contributed by atoms with E-state index in [1.54, 1.807) is 36.0 Å². The van der Waals surface area contributed by atoms with Crippen molar-refractivity contribution in [3.63, 3.8) is 0 Å². The third-order valence-electron chi connectivity index (χ3n) is 4.79. The number of hydrogen-bond acceptors (Lipinski definition) is 4. The van der Waals surface area contributed by atoms with Crippen molar-refractivity contribution in [2.75, 3.05) is 17.6 Å². The van der Waals surface area contributed by atoms with Crippen molar-refractivity contribution in [3.8, 4) is 6.07 Å². The van der Waals surface area contributed by atoms with Crippen LogP contribution in [0.2, 0.25) is 0 Å². The van der Waals surface area contributed by atoms with Crippen LogP contribution in [-0.4, -0.2) is 24.1 Å². The Balaban J connectivity index is 1.39. The molecule has 3 rings (SSSR count). The maximum Gasteiger partial charge on any atom is 0.251 e. The number of nitrogens with zero attached hydrogens (tertiary/aromatic N) is 1. The molecule has 5 nitrogen and oxygen atoms in total. The molecule has 1 saturated carbocycles. The standard InChI is InChI=1S/C22H23N3O2S/c1-15-12-20(15)22(27)25-19-8-6-16(7-9-19)21(26)24-10-11-28-14-18-5-3-2-4-17(18)13-23/h2-9,15,20H,10-12,14H2,1H3,(H,24,26)(H,25,27). The molecule has 2 aromatic carbocycles. The first kappa shape index (κ1) is 20.0. The third kappa shape index (κ3) is 5.37. The van der Waals surface area contributed by atoms with Gasteiger partial charge in [0.1, 0.15) is 0 Å². The fourth-order valence-electron chi connectivity index (χ4n) is 2.90. The van der Waals surface area contributed by atoms with Gasteiger partial charge in [0.2, 0.25) is 5.91 Å². The second kappa shape index (κ2) is 9.43. The molecule has 0 bridgehead atoms. The van der Waals surface area contributed by atoms with Gasteiger partial charge in [0.25, 0.3) is 5.91 Å². The molecule has 0 heterocycles. The summed E-state index contributed by atoms with van der Waals surface area (Å²) < 4.78 is 0. The first-order valence-electron chi connectivity index (χ1n) is 9.33. The van der Waals surface area contributed by atoms with Gasteiger partial charge >= 0.3 is 0 Å². The predicted octanol–water partition coefficient (Wildman–Crippen LogP) is 3.82. The Labute approximate surface area is 169 Å². The van der Waals surface area contributed by atoms with Crippen LogP contribution >= 0.6 is 11.8 Å². The van der Waals surface area contributed by atoms with E-state index < -0.39 is 0 Å². The summed E-state index contributed by atoms with van der Waals surface area (Å²) >= 11 is 1.68. The average Bonchev–Trinajstić information content (AvgIpc) is 3.45. The Bertz CT molecular complexity index is 889. The molecule has 2 aromatic rings. The average molecular weight is 394 g/mol. The molecular formula is C22H23N3O2S. The zero-order valence-corrected chi connectivity index (χ0v) is 16.6. The number of hydrogen-bond donors (Lipinski definition) is 2. The topological polar surface area (TPSA) is 82.0 Å². The number of rotatable bonds is 8. The summed E-state index contributed by atoms with van der Waals surface area (Å²) in [5, 5.41) is 14.9. The van der Waals surface area contributed by atoms with Crippen LogP contribution in [-0.2, 0) is 10.5 Å². The molecule has 144 valence electrons. The van der Waals surface area contributed by atoms with Gasteiger partial charge in [-0.05, 0) is 48.2 Å². The summed E-state index contributed by atoms with van der Waals surface area (Å²) in [6.07, 6.45) is 0.951. The lowest BCUT2D eigenvalue weighted by molar-refractivity contribution is -0.117. The Morgan fingerprint density at radius 1 is 1.18 bits per heavy atom. The van der Waals surface area contributed by atoms with Crippen molar-refractivity contribution in [2.24, 2.45) is 11.8 Å². The highest BCUT2D eigenvalue weighted by atomic mass is 32.2. The summed E-state index contributed by atoms with van der Waals surface area (Å²) in [6.45, 7) is 2.62. The lowest BCUT2D eigenvalue weighted by Gasteiger charge is -2.08. The van der Waals surface area contributed by atoms with Crippen molar-refractivity contribution in [1.29, 1.82) is 5.26 Å². The van der Waals surface area contributed by atoms with Gasteiger partial charge in [-0.25, -0.2) is 0 Å². The fourth-order valence-corrected chi connectivity index (χ4v) is 3.77. The minimum atomic E-state index is -0.133. The van der Waals surface area contributed by atoms with Gasteiger partial charge in [0.15, 0.2) is 0 Å². The van der Waals surface area contributed by atoms with Crippen LogP contribution in [0.3, 0.4) is 0 Å². The van der Waals surface area contributed by atoms with Crippen molar-refractivity contribution >= 4 is 29.3 Å². The van der Waals surface area contributed by atoms with E-state index in [0.29, 0.717) is 29.3 Å². The highest BCUT2D eigenvalue weighted by Gasteiger charge is 2.39. The molecule has 1 fully saturated rings. The quantitative estimate of drug-likeness (QED) is 0.668. The number of anilines is 1. The van der Waals surface area contributed by atoms with Gasteiger partial charge in [-0.2, -0.15) is 17.0 Å². The molecule has 2 amide bonds. The highest BCUT2D eigenvalue weighted by Crippen LogP contribution is 2.38. The van der Waals surface area contributed by atoms with Crippen molar-refractivity contribution in [1.82, 2.24) is 5.32 Å².